The van der Waals surface area contributed by atoms with E-state index in [1.54, 1.807) is 0 Å². The van der Waals surface area contributed by atoms with Gasteiger partial charge in [-0.25, -0.2) is 4.39 Å². The Morgan fingerprint density at radius 3 is 2.79 bits per heavy atom. The highest BCUT2D eigenvalue weighted by molar-refractivity contribution is 6.31. The van der Waals surface area contributed by atoms with E-state index in [0.29, 0.717) is 22.4 Å². The molecule has 4 atom stereocenters. The third-order valence-corrected chi connectivity index (χ3v) is 5.09. The van der Waals surface area contributed by atoms with E-state index in [1.807, 2.05) is 0 Å². The van der Waals surface area contributed by atoms with E-state index in [1.165, 1.54) is 18.2 Å². The number of carbonyl (C=O) groups is 1. The fraction of sp³-hybridized carbons (Fsp3) is 0.533. The van der Waals surface area contributed by atoms with Gasteiger partial charge in [-0.2, -0.15) is 0 Å². The van der Waals surface area contributed by atoms with Gasteiger partial charge in [0, 0.05) is 23.4 Å². The molecule has 2 bridgehead atoms. The zero-order valence-electron chi connectivity index (χ0n) is 10.6. The monoisotopic (exact) mass is 281 g/mol. The van der Waals surface area contributed by atoms with Crippen molar-refractivity contribution in [3.63, 3.8) is 0 Å². The molecule has 3 rings (SSSR count). The molecule has 2 aliphatic carbocycles. The minimum Gasteiger partial charge on any atom is -0.327 e. The third-order valence-electron chi connectivity index (χ3n) is 4.72. The molecular weight excluding hydrogens is 265 g/mol. The van der Waals surface area contributed by atoms with Gasteiger partial charge in [0.15, 0.2) is 0 Å². The van der Waals surface area contributed by atoms with Gasteiger partial charge < -0.3 is 5.73 Å². The van der Waals surface area contributed by atoms with E-state index in [9.17, 15) is 9.18 Å². The van der Waals surface area contributed by atoms with Crippen molar-refractivity contribution in [2.24, 2.45) is 23.5 Å². The van der Waals surface area contributed by atoms with Gasteiger partial charge in [-0.3, -0.25) is 4.79 Å². The van der Waals surface area contributed by atoms with Crippen LogP contribution >= 0.6 is 11.6 Å². The van der Waals surface area contributed by atoms with Gasteiger partial charge in [0.25, 0.3) is 0 Å². The fourth-order valence-corrected chi connectivity index (χ4v) is 3.98. The van der Waals surface area contributed by atoms with Crippen LogP contribution in [0.15, 0.2) is 18.2 Å². The summed E-state index contributed by atoms with van der Waals surface area (Å²) in [6.45, 7) is 0. The van der Waals surface area contributed by atoms with Crippen molar-refractivity contribution in [3.05, 3.63) is 34.6 Å². The average molecular weight is 282 g/mol. The Kier molecular flexibility index (Phi) is 3.35. The predicted molar refractivity (Wildman–Crippen MR) is 72.4 cm³/mol. The quantitative estimate of drug-likeness (QED) is 0.926. The normalized spacial score (nSPS) is 32.8. The molecule has 2 N–H and O–H groups in total. The lowest BCUT2D eigenvalue weighted by atomic mass is 9.80. The summed E-state index contributed by atoms with van der Waals surface area (Å²) < 4.78 is 13.2. The summed E-state index contributed by atoms with van der Waals surface area (Å²) in [5.74, 6) is 0.636. The van der Waals surface area contributed by atoms with Crippen LogP contribution in [0.4, 0.5) is 4.39 Å². The van der Waals surface area contributed by atoms with Crippen molar-refractivity contribution in [3.8, 4) is 0 Å². The first kappa shape index (κ1) is 13.1. The molecule has 0 aromatic heterocycles. The van der Waals surface area contributed by atoms with Gasteiger partial charge in [0.2, 0.25) is 0 Å². The highest BCUT2D eigenvalue weighted by Gasteiger charge is 2.48. The van der Waals surface area contributed by atoms with E-state index in [0.717, 1.165) is 19.3 Å². The van der Waals surface area contributed by atoms with Gasteiger partial charge in [0.1, 0.15) is 11.6 Å². The number of hydrogen-bond acceptors (Lipinski definition) is 2. The number of nitrogens with two attached hydrogens (primary N) is 1. The molecule has 0 saturated heterocycles. The topological polar surface area (TPSA) is 43.1 Å². The molecule has 102 valence electrons. The first-order chi connectivity index (χ1) is 9.06. The van der Waals surface area contributed by atoms with Crippen LogP contribution in [0.1, 0.15) is 24.8 Å². The van der Waals surface area contributed by atoms with Crippen molar-refractivity contribution in [2.45, 2.75) is 31.7 Å². The minimum atomic E-state index is -0.357. The molecule has 4 heteroatoms. The molecule has 0 amide bonds. The van der Waals surface area contributed by atoms with Gasteiger partial charge in [-0.15, -0.1) is 0 Å². The highest BCUT2D eigenvalue weighted by Crippen LogP contribution is 2.48. The van der Waals surface area contributed by atoms with Crippen LogP contribution in [0.2, 0.25) is 5.02 Å². The van der Waals surface area contributed by atoms with Crippen LogP contribution in [-0.4, -0.2) is 11.8 Å². The summed E-state index contributed by atoms with van der Waals surface area (Å²) in [6.07, 6.45) is 3.52. The van der Waals surface area contributed by atoms with Gasteiger partial charge in [0.05, 0.1) is 0 Å². The van der Waals surface area contributed by atoms with Crippen molar-refractivity contribution >= 4 is 17.4 Å². The molecule has 0 radical (unpaired) electrons. The van der Waals surface area contributed by atoms with Crippen LogP contribution in [0, 0.1) is 23.6 Å². The van der Waals surface area contributed by atoms with E-state index >= 15 is 0 Å². The lowest BCUT2D eigenvalue weighted by Crippen LogP contribution is -2.40. The average Bonchev–Trinajstić information content (AvgIpc) is 2.94. The van der Waals surface area contributed by atoms with Gasteiger partial charge in [-0.1, -0.05) is 11.6 Å². The van der Waals surface area contributed by atoms with Crippen LogP contribution in [-0.2, 0) is 11.2 Å². The largest absolute Gasteiger partial charge is 0.327 e. The minimum absolute atomic E-state index is 0.0152. The molecule has 2 aliphatic rings. The standard InChI is InChI=1S/C15H17ClFNO/c16-12-4-3-11(17)6-10(12)7-13(19)14-8-1-2-9(5-8)15(14)18/h3-4,6,8-9,14-15H,1-2,5,7,18H2. The lowest BCUT2D eigenvalue weighted by Gasteiger charge is -2.27. The molecule has 19 heavy (non-hydrogen) atoms. The predicted octanol–water partition coefficient (Wildman–Crippen LogP) is 2.96. The Hall–Kier alpha value is -0.930. The van der Waals surface area contributed by atoms with E-state index in [4.69, 9.17) is 17.3 Å². The third kappa shape index (κ3) is 2.30. The first-order valence-corrected chi connectivity index (χ1v) is 7.16. The SMILES string of the molecule is NC1C2CCC(C2)C1C(=O)Cc1cc(F)ccc1Cl. The second kappa shape index (κ2) is 4.88. The Morgan fingerprint density at radius 1 is 1.37 bits per heavy atom. The Bertz CT molecular complexity index is 517. The Morgan fingerprint density at radius 2 is 2.11 bits per heavy atom. The molecule has 2 fully saturated rings. The number of ketones is 1. The summed E-state index contributed by atoms with van der Waals surface area (Å²) in [6, 6.07) is 4.14. The first-order valence-electron chi connectivity index (χ1n) is 6.78. The molecule has 1 aromatic rings. The summed E-state index contributed by atoms with van der Waals surface area (Å²) in [4.78, 5) is 12.4. The summed E-state index contributed by atoms with van der Waals surface area (Å²) in [5.41, 5.74) is 6.73. The summed E-state index contributed by atoms with van der Waals surface area (Å²) in [5, 5.41) is 0.450. The summed E-state index contributed by atoms with van der Waals surface area (Å²) >= 11 is 6.01. The summed E-state index contributed by atoms with van der Waals surface area (Å²) in [7, 11) is 0. The van der Waals surface area contributed by atoms with Crippen molar-refractivity contribution < 1.29 is 9.18 Å². The lowest BCUT2D eigenvalue weighted by molar-refractivity contribution is -0.124. The maximum atomic E-state index is 13.2. The second-order valence-electron chi connectivity index (χ2n) is 5.82. The number of rotatable bonds is 3. The molecule has 4 unspecified atom stereocenters. The number of hydrogen-bond donors (Lipinski definition) is 1. The number of Topliss-reactive ketones (excluding diaryl/α,β-unsaturated/α-hetero) is 1. The molecule has 1 aromatic carbocycles. The molecule has 2 nitrogen and oxygen atoms in total. The fourth-order valence-electron chi connectivity index (χ4n) is 3.80. The number of fused-ring (bicyclic) bond motifs is 2. The Labute approximate surface area is 117 Å². The number of carbonyl (C=O) groups excluding carboxylic acids is 1. The molecule has 0 heterocycles. The van der Waals surface area contributed by atoms with Crippen LogP contribution in [0.5, 0.6) is 0 Å². The van der Waals surface area contributed by atoms with E-state index in [-0.39, 0.29) is 30.0 Å². The van der Waals surface area contributed by atoms with E-state index < -0.39 is 0 Å². The molecule has 0 spiro atoms. The van der Waals surface area contributed by atoms with Crippen LogP contribution < -0.4 is 5.73 Å². The maximum absolute atomic E-state index is 13.2. The molecule has 0 aliphatic heterocycles. The molecular formula is C15H17ClFNO. The number of halogens is 2. The van der Waals surface area contributed by atoms with Gasteiger partial charge >= 0.3 is 0 Å². The van der Waals surface area contributed by atoms with Crippen molar-refractivity contribution in [2.75, 3.05) is 0 Å². The van der Waals surface area contributed by atoms with Crippen molar-refractivity contribution in [1.82, 2.24) is 0 Å². The highest BCUT2D eigenvalue weighted by atomic mass is 35.5. The molecule has 2 saturated carbocycles. The number of benzene rings is 1. The van der Waals surface area contributed by atoms with Crippen molar-refractivity contribution in [1.29, 1.82) is 0 Å². The smallest absolute Gasteiger partial charge is 0.142 e. The second-order valence-corrected chi connectivity index (χ2v) is 6.22. The van der Waals surface area contributed by atoms with Crippen LogP contribution in [0.3, 0.4) is 0 Å². The Balaban J connectivity index is 1.77. The zero-order valence-corrected chi connectivity index (χ0v) is 11.4. The van der Waals surface area contributed by atoms with Gasteiger partial charge in [-0.05, 0) is 54.9 Å². The zero-order chi connectivity index (χ0) is 13.6. The van der Waals surface area contributed by atoms with E-state index in [2.05, 4.69) is 0 Å². The maximum Gasteiger partial charge on any atom is 0.142 e. The van der Waals surface area contributed by atoms with Crippen LogP contribution in [0.25, 0.3) is 0 Å².